The summed E-state index contributed by atoms with van der Waals surface area (Å²) < 4.78 is 0. The normalized spacial score (nSPS) is 15.4. The maximum absolute atomic E-state index is 12.3. The van der Waals surface area contributed by atoms with Crippen LogP contribution >= 0.6 is 11.6 Å². The second-order valence-corrected chi connectivity index (χ2v) is 11.0. The predicted molar refractivity (Wildman–Crippen MR) is 160 cm³/mol. The minimum absolute atomic E-state index is 0.179. The molecule has 1 N–H and O–H groups in total. The predicted octanol–water partition coefficient (Wildman–Crippen LogP) is 7.10. The molecule has 4 nitrogen and oxygen atoms in total. The molecule has 0 spiro atoms. The minimum atomic E-state index is -0.355. The molecule has 1 fully saturated rings. The molecule has 200 valence electrons. The second-order valence-electron chi connectivity index (χ2n) is 10.6. The van der Waals surface area contributed by atoms with Gasteiger partial charge in [-0.3, -0.25) is 14.6 Å². The van der Waals surface area contributed by atoms with Crippen molar-refractivity contribution >= 4 is 11.6 Å². The van der Waals surface area contributed by atoms with E-state index in [1.807, 2.05) is 30.3 Å². The lowest BCUT2D eigenvalue weighted by Gasteiger charge is -2.40. The van der Waals surface area contributed by atoms with Gasteiger partial charge in [-0.25, -0.2) is 0 Å². The van der Waals surface area contributed by atoms with Crippen LogP contribution in [0, 0.1) is 0 Å². The third kappa shape index (κ3) is 6.25. The molecule has 0 saturated carbocycles. The summed E-state index contributed by atoms with van der Waals surface area (Å²) in [6, 6.07) is 32.5. The highest BCUT2D eigenvalue weighted by Crippen LogP contribution is 2.34. The van der Waals surface area contributed by atoms with Crippen LogP contribution in [0.1, 0.15) is 48.1 Å². The average Bonchev–Trinajstić information content (AvgIpc) is 3.10. The molecule has 4 aromatic carbocycles. The molecule has 5 heteroatoms. The van der Waals surface area contributed by atoms with Gasteiger partial charge in [0.15, 0.2) is 5.75 Å². The maximum atomic E-state index is 12.3. The van der Waals surface area contributed by atoms with Crippen molar-refractivity contribution in [2.75, 3.05) is 26.2 Å². The van der Waals surface area contributed by atoms with Gasteiger partial charge >= 0.3 is 0 Å². The van der Waals surface area contributed by atoms with E-state index in [0.29, 0.717) is 5.56 Å². The molecular weight excluding hydrogens is 504 g/mol. The number of benzene rings is 3. The monoisotopic (exact) mass is 538 g/mol. The van der Waals surface area contributed by atoms with Gasteiger partial charge in [0, 0.05) is 43.3 Å². The Bertz CT molecular complexity index is 1450. The van der Waals surface area contributed by atoms with Gasteiger partial charge in [-0.2, -0.15) is 0 Å². The number of hydrogen-bond acceptors (Lipinski definition) is 4. The van der Waals surface area contributed by atoms with Gasteiger partial charge in [-0.05, 0) is 51.9 Å². The number of rotatable bonds is 7. The molecule has 39 heavy (non-hydrogen) atoms. The summed E-state index contributed by atoms with van der Waals surface area (Å²) in [4.78, 5) is 17.4. The third-order valence-corrected chi connectivity index (χ3v) is 7.88. The topological polar surface area (TPSA) is 43.8 Å². The molecule has 1 atom stereocenters. The Morgan fingerprint density at radius 2 is 1.41 bits per heavy atom. The van der Waals surface area contributed by atoms with Crippen LogP contribution in [-0.2, 0) is 6.54 Å². The van der Waals surface area contributed by atoms with Crippen molar-refractivity contribution in [2.24, 2.45) is 0 Å². The zero-order chi connectivity index (χ0) is 27.4. The summed E-state index contributed by atoms with van der Waals surface area (Å²) in [6.45, 7) is 8.91. The first-order chi connectivity index (χ1) is 18.9. The van der Waals surface area contributed by atoms with E-state index in [1.165, 1.54) is 22.8 Å². The molecule has 1 aliphatic rings. The first kappa shape index (κ1) is 27.1. The highest BCUT2D eigenvalue weighted by Gasteiger charge is 2.26. The van der Waals surface area contributed by atoms with E-state index in [9.17, 15) is 9.90 Å². The highest BCUT2D eigenvalue weighted by molar-refractivity contribution is 6.30. The van der Waals surface area contributed by atoms with Crippen LogP contribution in [0.15, 0.2) is 102 Å². The van der Waals surface area contributed by atoms with Crippen LogP contribution in [0.25, 0.3) is 11.1 Å². The molecule has 0 bridgehead atoms. The fraction of sp³-hybridized carbons (Fsp3) is 0.265. The van der Waals surface area contributed by atoms with Crippen LogP contribution < -0.4 is 5.43 Å². The van der Waals surface area contributed by atoms with E-state index < -0.39 is 0 Å². The van der Waals surface area contributed by atoms with Crippen LogP contribution in [0.3, 0.4) is 0 Å². The summed E-state index contributed by atoms with van der Waals surface area (Å²) in [7, 11) is 0. The number of aromatic hydroxyl groups is 1. The van der Waals surface area contributed by atoms with Gasteiger partial charge in [-0.1, -0.05) is 104 Å². The Balaban J connectivity index is 1.29. The fourth-order valence-electron chi connectivity index (χ4n) is 5.56. The maximum Gasteiger partial charge on any atom is 0.220 e. The van der Waals surface area contributed by atoms with E-state index in [2.05, 4.69) is 78.2 Å². The van der Waals surface area contributed by atoms with Crippen molar-refractivity contribution in [1.82, 2.24) is 9.80 Å². The molecule has 1 heterocycles. The van der Waals surface area contributed by atoms with E-state index in [1.54, 1.807) is 6.07 Å². The summed E-state index contributed by atoms with van der Waals surface area (Å²) in [5.41, 5.74) is 5.88. The van der Waals surface area contributed by atoms with Gasteiger partial charge in [0.1, 0.15) is 0 Å². The molecule has 1 aliphatic heterocycles. The molecule has 1 unspecified atom stereocenters. The Morgan fingerprint density at radius 3 is 2.05 bits per heavy atom. The SMILES string of the molecule is CC(C)c1cccc(=O)c(O)c1-c1ccc(CN2CCN(C(c3ccccc3)c3ccc(Cl)cc3)CC2)cc1. The average molecular weight is 539 g/mol. The molecule has 5 rings (SSSR count). The Labute approximate surface area is 236 Å². The van der Waals surface area contributed by atoms with Crippen molar-refractivity contribution in [3.8, 4) is 16.9 Å². The van der Waals surface area contributed by atoms with Crippen molar-refractivity contribution in [3.63, 3.8) is 0 Å². The molecular formula is C34H35ClN2O2. The second kappa shape index (κ2) is 12.2. The highest BCUT2D eigenvalue weighted by atomic mass is 35.5. The third-order valence-electron chi connectivity index (χ3n) is 7.63. The zero-order valence-electron chi connectivity index (χ0n) is 22.6. The van der Waals surface area contributed by atoms with E-state index >= 15 is 0 Å². The Hall–Kier alpha value is -3.44. The van der Waals surface area contributed by atoms with E-state index in [0.717, 1.165) is 48.9 Å². The van der Waals surface area contributed by atoms with E-state index in [4.69, 9.17) is 11.6 Å². The van der Waals surface area contributed by atoms with Gasteiger partial charge in [0.25, 0.3) is 0 Å². The number of halogens is 1. The number of nitrogens with zero attached hydrogens (tertiary/aromatic N) is 2. The van der Waals surface area contributed by atoms with Crippen molar-refractivity contribution in [1.29, 1.82) is 0 Å². The lowest BCUT2D eigenvalue weighted by molar-refractivity contribution is 0.105. The summed E-state index contributed by atoms with van der Waals surface area (Å²) in [5, 5.41) is 11.4. The molecule has 4 aromatic rings. The van der Waals surface area contributed by atoms with Crippen molar-refractivity contribution < 1.29 is 5.11 Å². The lowest BCUT2D eigenvalue weighted by atomic mass is 9.93. The summed E-state index contributed by atoms with van der Waals surface area (Å²) >= 11 is 6.18. The fourth-order valence-corrected chi connectivity index (χ4v) is 5.68. The van der Waals surface area contributed by atoms with Gasteiger partial charge in [0.2, 0.25) is 5.43 Å². The Morgan fingerprint density at radius 1 is 0.769 bits per heavy atom. The van der Waals surface area contributed by atoms with Crippen LogP contribution in [0.2, 0.25) is 5.02 Å². The van der Waals surface area contributed by atoms with Gasteiger partial charge in [0.05, 0.1) is 6.04 Å². The molecule has 0 aliphatic carbocycles. The van der Waals surface area contributed by atoms with Gasteiger partial charge < -0.3 is 5.11 Å². The first-order valence-corrected chi connectivity index (χ1v) is 14.0. The molecule has 0 aromatic heterocycles. The quantitative estimate of drug-likeness (QED) is 0.272. The van der Waals surface area contributed by atoms with Crippen LogP contribution in [-0.4, -0.2) is 41.1 Å². The lowest BCUT2D eigenvalue weighted by Crippen LogP contribution is -2.47. The van der Waals surface area contributed by atoms with Crippen molar-refractivity contribution in [2.45, 2.75) is 32.4 Å². The van der Waals surface area contributed by atoms with Crippen LogP contribution in [0.5, 0.6) is 5.75 Å². The molecule has 0 radical (unpaired) electrons. The minimum Gasteiger partial charge on any atom is -0.504 e. The summed E-state index contributed by atoms with van der Waals surface area (Å²) in [6.07, 6.45) is 0. The number of hydrogen-bond donors (Lipinski definition) is 1. The zero-order valence-corrected chi connectivity index (χ0v) is 23.3. The molecule has 0 amide bonds. The number of piperazine rings is 1. The summed E-state index contributed by atoms with van der Waals surface area (Å²) in [5.74, 6) is 0.00230. The van der Waals surface area contributed by atoms with Crippen molar-refractivity contribution in [3.05, 3.63) is 135 Å². The molecule has 1 saturated heterocycles. The largest absolute Gasteiger partial charge is 0.504 e. The van der Waals surface area contributed by atoms with E-state index in [-0.39, 0.29) is 23.1 Å². The Kier molecular flexibility index (Phi) is 8.47. The smallest absolute Gasteiger partial charge is 0.220 e. The van der Waals surface area contributed by atoms with Crippen LogP contribution in [0.4, 0.5) is 0 Å². The first-order valence-electron chi connectivity index (χ1n) is 13.6. The standard InChI is InChI=1S/C34H35ClN2O2/c1-24(2)30-9-6-10-31(38)34(39)32(30)26-13-11-25(12-14-26)23-36-19-21-37(22-20-36)33(27-7-4-3-5-8-27)28-15-17-29(35)18-16-28/h3-18,24,33H,19-23H2,1-2H3,(H,38,39). The van der Waals surface area contributed by atoms with Gasteiger partial charge in [-0.15, -0.1) is 0 Å².